The highest BCUT2D eigenvalue weighted by Gasteiger charge is 2.16. The maximum absolute atomic E-state index is 11.9. The topological polar surface area (TPSA) is 80.4 Å². The van der Waals surface area contributed by atoms with E-state index in [2.05, 4.69) is 36.4 Å². The van der Waals surface area contributed by atoms with Gasteiger partial charge in [0.05, 0.1) is 6.61 Å². The Kier molecular flexibility index (Phi) is 6.45. The Morgan fingerprint density at radius 3 is 2.43 bits per heavy atom. The number of rotatable bonds is 6. The number of anilines is 1. The minimum atomic E-state index is -0.898. The van der Waals surface area contributed by atoms with Gasteiger partial charge in [0.1, 0.15) is 11.5 Å². The molecule has 0 radical (unpaired) electrons. The summed E-state index contributed by atoms with van der Waals surface area (Å²) in [5.41, 5.74) is 4.59. The van der Waals surface area contributed by atoms with Crippen LogP contribution in [0.25, 0.3) is 10.9 Å². The number of carbonyl (C=O) groups excluding carboxylic acids is 2. The lowest BCUT2D eigenvalue weighted by Gasteiger charge is -2.14. The molecule has 2 N–H and O–H groups in total. The van der Waals surface area contributed by atoms with Crippen LogP contribution in [0.4, 0.5) is 5.69 Å². The summed E-state index contributed by atoms with van der Waals surface area (Å²) in [6, 6.07) is 9.57. The Balaban J connectivity index is 1.83. The van der Waals surface area contributed by atoms with Crippen LogP contribution in [0.3, 0.4) is 0 Å². The molecular weight excluding hydrogens is 380 g/mol. The molecule has 0 fully saturated rings. The molecular formula is C24H28N2O4. The standard InChI is InChI=1S/C24H28N2O4/c1-6-29-24(28)23(27)26-18-10-15(4)22(16(5)11-18)30-19-7-8-21-20(12-19)17(13-25-21)9-14(2)3/h7-8,10-14,25H,6,9H2,1-5H3,(H,26,27). The molecule has 0 saturated heterocycles. The third-order valence-corrected chi connectivity index (χ3v) is 4.77. The lowest BCUT2D eigenvalue weighted by atomic mass is 10.0. The zero-order valence-electron chi connectivity index (χ0n) is 18.1. The molecule has 1 heterocycles. The van der Waals surface area contributed by atoms with Crippen molar-refractivity contribution in [2.75, 3.05) is 11.9 Å². The summed E-state index contributed by atoms with van der Waals surface area (Å²) < 4.78 is 10.9. The highest BCUT2D eigenvalue weighted by molar-refractivity contribution is 6.37. The van der Waals surface area contributed by atoms with E-state index in [1.165, 1.54) is 5.56 Å². The van der Waals surface area contributed by atoms with Crippen molar-refractivity contribution in [2.45, 2.75) is 41.0 Å². The van der Waals surface area contributed by atoms with Crippen LogP contribution in [0.5, 0.6) is 11.5 Å². The Bertz CT molecular complexity index is 1060. The van der Waals surface area contributed by atoms with Crippen molar-refractivity contribution in [3.63, 3.8) is 0 Å². The second-order valence-corrected chi connectivity index (χ2v) is 7.84. The largest absolute Gasteiger partial charge is 0.459 e. The molecule has 0 spiro atoms. The van der Waals surface area contributed by atoms with E-state index in [0.29, 0.717) is 11.6 Å². The maximum Gasteiger partial charge on any atom is 0.397 e. The van der Waals surface area contributed by atoms with Crippen molar-refractivity contribution in [1.29, 1.82) is 0 Å². The molecule has 0 unspecified atom stereocenters. The van der Waals surface area contributed by atoms with Crippen LogP contribution >= 0.6 is 0 Å². The molecule has 3 rings (SSSR count). The van der Waals surface area contributed by atoms with E-state index in [-0.39, 0.29) is 6.61 Å². The van der Waals surface area contributed by atoms with Gasteiger partial charge < -0.3 is 19.8 Å². The second-order valence-electron chi connectivity index (χ2n) is 7.84. The number of aromatic nitrogens is 1. The summed E-state index contributed by atoms with van der Waals surface area (Å²) in [4.78, 5) is 26.7. The summed E-state index contributed by atoms with van der Waals surface area (Å²) in [6.07, 6.45) is 3.06. The number of hydrogen-bond donors (Lipinski definition) is 2. The number of fused-ring (bicyclic) bond motifs is 1. The van der Waals surface area contributed by atoms with Crippen molar-refractivity contribution in [3.8, 4) is 11.5 Å². The van der Waals surface area contributed by atoms with Gasteiger partial charge in [-0.3, -0.25) is 4.79 Å². The number of benzene rings is 2. The van der Waals surface area contributed by atoms with Gasteiger partial charge in [-0.1, -0.05) is 13.8 Å². The fourth-order valence-corrected chi connectivity index (χ4v) is 3.51. The predicted molar refractivity (Wildman–Crippen MR) is 118 cm³/mol. The fraction of sp³-hybridized carbons (Fsp3) is 0.333. The van der Waals surface area contributed by atoms with E-state index in [1.54, 1.807) is 19.1 Å². The third kappa shape index (κ3) is 4.82. The smallest absolute Gasteiger partial charge is 0.397 e. The van der Waals surface area contributed by atoms with Gasteiger partial charge in [0.15, 0.2) is 0 Å². The number of nitrogens with one attached hydrogen (secondary N) is 2. The highest BCUT2D eigenvalue weighted by Crippen LogP contribution is 2.33. The molecule has 3 aromatic rings. The van der Waals surface area contributed by atoms with E-state index < -0.39 is 11.9 Å². The molecule has 1 aromatic heterocycles. The number of carbonyl (C=O) groups is 2. The van der Waals surface area contributed by atoms with Gasteiger partial charge in [0, 0.05) is 22.8 Å². The average molecular weight is 408 g/mol. The molecule has 0 aliphatic rings. The van der Waals surface area contributed by atoms with E-state index in [1.807, 2.05) is 26.0 Å². The van der Waals surface area contributed by atoms with Crippen molar-refractivity contribution < 1.29 is 19.1 Å². The van der Waals surface area contributed by atoms with Gasteiger partial charge in [-0.2, -0.15) is 0 Å². The number of ether oxygens (including phenoxy) is 2. The fourth-order valence-electron chi connectivity index (χ4n) is 3.51. The molecule has 0 aliphatic heterocycles. The molecule has 2 aromatic carbocycles. The zero-order valence-corrected chi connectivity index (χ0v) is 18.1. The molecule has 6 heteroatoms. The number of aryl methyl sites for hydroxylation is 2. The Morgan fingerprint density at radius 1 is 1.10 bits per heavy atom. The van der Waals surface area contributed by atoms with Gasteiger partial charge in [0.25, 0.3) is 0 Å². The molecule has 0 atom stereocenters. The second kappa shape index (κ2) is 9.03. The molecule has 1 amide bonds. The maximum atomic E-state index is 11.9. The van der Waals surface area contributed by atoms with Gasteiger partial charge >= 0.3 is 11.9 Å². The van der Waals surface area contributed by atoms with E-state index in [0.717, 1.165) is 39.9 Å². The Labute approximate surface area is 176 Å². The number of H-pyrrole nitrogens is 1. The summed E-state index contributed by atoms with van der Waals surface area (Å²) in [5, 5.41) is 3.73. The summed E-state index contributed by atoms with van der Waals surface area (Å²) in [6.45, 7) is 10.0. The van der Waals surface area contributed by atoms with E-state index in [4.69, 9.17) is 9.47 Å². The lowest BCUT2D eigenvalue weighted by molar-refractivity contribution is -0.152. The van der Waals surface area contributed by atoms with Crippen LogP contribution in [0, 0.1) is 19.8 Å². The van der Waals surface area contributed by atoms with Crippen molar-refractivity contribution in [1.82, 2.24) is 4.98 Å². The van der Waals surface area contributed by atoms with Crippen molar-refractivity contribution in [3.05, 3.63) is 53.2 Å². The summed E-state index contributed by atoms with van der Waals surface area (Å²) in [7, 11) is 0. The van der Waals surface area contributed by atoms with Crippen LogP contribution in [0.15, 0.2) is 36.5 Å². The SMILES string of the molecule is CCOC(=O)C(=O)Nc1cc(C)c(Oc2ccc3[nH]cc(CC(C)C)c3c2)c(C)c1. The van der Waals surface area contributed by atoms with Crippen molar-refractivity contribution >= 4 is 28.5 Å². The van der Waals surface area contributed by atoms with Crippen LogP contribution in [0.2, 0.25) is 0 Å². The zero-order chi connectivity index (χ0) is 21.8. The van der Waals surface area contributed by atoms with Crippen LogP contribution in [-0.4, -0.2) is 23.5 Å². The molecule has 6 nitrogen and oxygen atoms in total. The van der Waals surface area contributed by atoms with Crippen molar-refractivity contribution in [2.24, 2.45) is 5.92 Å². The minimum Gasteiger partial charge on any atom is -0.459 e. The summed E-state index contributed by atoms with van der Waals surface area (Å²) >= 11 is 0. The molecule has 0 saturated carbocycles. The average Bonchev–Trinajstić information content (AvgIpc) is 3.06. The first-order chi connectivity index (χ1) is 14.3. The van der Waals surface area contributed by atoms with Gasteiger partial charge in [-0.15, -0.1) is 0 Å². The number of aromatic amines is 1. The number of esters is 1. The molecule has 158 valence electrons. The van der Waals surface area contributed by atoms with Gasteiger partial charge in [-0.25, -0.2) is 4.79 Å². The van der Waals surface area contributed by atoms with E-state index >= 15 is 0 Å². The number of amides is 1. The van der Waals surface area contributed by atoms with Crippen LogP contribution in [0.1, 0.15) is 37.5 Å². The predicted octanol–water partition coefficient (Wildman–Crippen LogP) is 5.28. The number of hydrogen-bond acceptors (Lipinski definition) is 4. The van der Waals surface area contributed by atoms with Crippen LogP contribution < -0.4 is 10.1 Å². The van der Waals surface area contributed by atoms with E-state index in [9.17, 15) is 9.59 Å². The minimum absolute atomic E-state index is 0.154. The Hall–Kier alpha value is -3.28. The van der Waals surface area contributed by atoms with Gasteiger partial charge in [-0.05, 0) is 80.1 Å². The molecule has 0 aliphatic carbocycles. The first-order valence-electron chi connectivity index (χ1n) is 10.2. The Morgan fingerprint density at radius 2 is 1.80 bits per heavy atom. The quantitative estimate of drug-likeness (QED) is 0.430. The molecule has 30 heavy (non-hydrogen) atoms. The summed E-state index contributed by atoms with van der Waals surface area (Å²) in [5.74, 6) is 0.353. The third-order valence-electron chi connectivity index (χ3n) is 4.77. The van der Waals surface area contributed by atoms with Gasteiger partial charge in [0.2, 0.25) is 0 Å². The van der Waals surface area contributed by atoms with Crippen LogP contribution in [-0.2, 0) is 20.7 Å². The first-order valence-corrected chi connectivity index (χ1v) is 10.2. The highest BCUT2D eigenvalue weighted by atomic mass is 16.5. The monoisotopic (exact) mass is 408 g/mol. The molecule has 0 bridgehead atoms. The lowest BCUT2D eigenvalue weighted by Crippen LogP contribution is -2.25. The normalized spacial score (nSPS) is 11.0. The first kappa shape index (κ1) is 21.4.